The van der Waals surface area contributed by atoms with E-state index >= 15 is 0 Å². The molecule has 5 nitrogen and oxygen atoms in total. The highest BCUT2D eigenvalue weighted by atomic mass is 15.3. The topological polar surface area (TPSA) is 46.3 Å². The quantitative estimate of drug-likeness (QED) is 0.558. The molecule has 0 radical (unpaired) electrons. The van der Waals surface area contributed by atoms with Gasteiger partial charge in [-0.2, -0.15) is 0 Å². The van der Waals surface area contributed by atoms with Crippen molar-refractivity contribution >= 4 is 16.6 Å². The van der Waals surface area contributed by atoms with Crippen molar-refractivity contribution in [2.45, 2.75) is 25.8 Å². The van der Waals surface area contributed by atoms with Gasteiger partial charge in [0.1, 0.15) is 6.33 Å². The standard InChI is InChI=1S/C22H23N5/c1-2-6-17(7-3-1)14-18-10-12-26(13-11-18)15-21-24-25-22-19-8-4-5-9-20(19)23-16-27(21)22/h1-9,16,18H,10-15H2. The second kappa shape index (κ2) is 7.08. The van der Waals surface area contributed by atoms with Crippen LogP contribution in [-0.2, 0) is 13.0 Å². The molecule has 1 aliphatic heterocycles. The van der Waals surface area contributed by atoms with E-state index < -0.39 is 0 Å². The van der Waals surface area contributed by atoms with Crippen LogP contribution in [0.5, 0.6) is 0 Å². The first-order valence-electron chi connectivity index (χ1n) is 9.70. The third-order valence-corrected chi connectivity index (χ3v) is 5.66. The predicted molar refractivity (Wildman–Crippen MR) is 106 cm³/mol. The summed E-state index contributed by atoms with van der Waals surface area (Å²) in [4.78, 5) is 7.05. The minimum atomic E-state index is 0.782. The van der Waals surface area contributed by atoms with Gasteiger partial charge in [-0.25, -0.2) is 4.98 Å². The van der Waals surface area contributed by atoms with Crippen molar-refractivity contribution in [3.8, 4) is 0 Å². The molecule has 2 aromatic carbocycles. The summed E-state index contributed by atoms with van der Waals surface area (Å²) in [5, 5.41) is 9.94. The van der Waals surface area contributed by atoms with Crippen LogP contribution in [0.15, 0.2) is 60.9 Å². The molecule has 136 valence electrons. The van der Waals surface area contributed by atoms with E-state index in [1.54, 1.807) is 0 Å². The van der Waals surface area contributed by atoms with Gasteiger partial charge in [0.15, 0.2) is 11.5 Å². The zero-order valence-electron chi connectivity index (χ0n) is 15.3. The molecule has 1 fully saturated rings. The predicted octanol–water partition coefficient (Wildman–Crippen LogP) is 3.73. The van der Waals surface area contributed by atoms with Crippen LogP contribution in [0.1, 0.15) is 24.2 Å². The maximum Gasteiger partial charge on any atom is 0.171 e. The SMILES string of the molecule is c1ccc(CC2CCN(Cc3nnc4c5ccccc5ncn34)CC2)cc1. The van der Waals surface area contributed by atoms with E-state index in [2.05, 4.69) is 56.5 Å². The van der Waals surface area contributed by atoms with Crippen LogP contribution in [0.4, 0.5) is 0 Å². The highest BCUT2D eigenvalue weighted by molar-refractivity contribution is 5.90. The largest absolute Gasteiger partial charge is 0.296 e. The normalized spacial score (nSPS) is 16.3. The second-order valence-corrected chi connectivity index (χ2v) is 7.48. The molecule has 0 amide bonds. The summed E-state index contributed by atoms with van der Waals surface area (Å²) in [5.74, 6) is 1.76. The van der Waals surface area contributed by atoms with E-state index in [0.29, 0.717) is 0 Å². The van der Waals surface area contributed by atoms with Crippen molar-refractivity contribution in [1.82, 2.24) is 24.5 Å². The highest BCUT2D eigenvalue weighted by Gasteiger charge is 2.21. The van der Waals surface area contributed by atoms with Gasteiger partial charge in [0.05, 0.1) is 12.1 Å². The molecule has 0 unspecified atom stereocenters. The summed E-state index contributed by atoms with van der Waals surface area (Å²) in [6, 6.07) is 19.0. The van der Waals surface area contributed by atoms with Crippen molar-refractivity contribution in [2.75, 3.05) is 13.1 Å². The molecule has 27 heavy (non-hydrogen) atoms. The van der Waals surface area contributed by atoms with Gasteiger partial charge in [0.2, 0.25) is 0 Å². The third-order valence-electron chi connectivity index (χ3n) is 5.66. The zero-order chi connectivity index (χ0) is 18.1. The first-order chi connectivity index (χ1) is 13.4. The molecular weight excluding hydrogens is 334 g/mol. The average Bonchev–Trinajstić information content (AvgIpc) is 3.13. The molecule has 3 heterocycles. The Morgan fingerprint density at radius 3 is 2.52 bits per heavy atom. The number of piperidine rings is 1. The Kier molecular flexibility index (Phi) is 4.30. The Hall–Kier alpha value is -2.79. The van der Waals surface area contributed by atoms with E-state index in [0.717, 1.165) is 47.9 Å². The average molecular weight is 357 g/mol. The highest BCUT2D eigenvalue weighted by Crippen LogP contribution is 2.23. The summed E-state index contributed by atoms with van der Waals surface area (Å²) in [5.41, 5.74) is 3.32. The van der Waals surface area contributed by atoms with E-state index in [4.69, 9.17) is 0 Å². The lowest BCUT2D eigenvalue weighted by atomic mass is 9.90. The van der Waals surface area contributed by atoms with Gasteiger partial charge in [0.25, 0.3) is 0 Å². The van der Waals surface area contributed by atoms with Gasteiger partial charge in [-0.05, 0) is 56.0 Å². The van der Waals surface area contributed by atoms with Crippen LogP contribution in [0, 0.1) is 5.92 Å². The van der Waals surface area contributed by atoms with Gasteiger partial charge in [-0.3, -0.25) is 9.30 Å². The maximum absolute atomic E-state index is 4.56. The van der Waals surface area contributed by atoms with Gasteiger partial charge < -0.3 is 0 Å². The fourth-order valence-corrected chi connectivity index (χ4v) is 4.13. The van der Waals surface area contributed by atoms with E-state index in [1.807, 2.05) is 28.9 Å². The van der Waals surface area contributed by atoms with Crippen molar-refractivity contribution in [1.29, 1.82) is 0 Å². The number of hydrogen-bond donors (Lipinski definition) is 0. The minimum absolute atomic E-state index is 0.782. The van der Waals surface area contributed by atoms with Crippen LogP contribution in [0.3, 0.4) is 0 Å². The van der Waals surface area contributed by atoms with Gasteiger partial charge in [0, 0.05) is 5.39 Å². The third kappa shape index (κ3) is 3.30. The van der Waals surface area contributed by atoms with Crippen molar-refractivity contribution in [3.05, 3.63) is 72.3 Å². The number of aromatic nitrogens is 4. The Labute approximate surface area is 158 Å². The number of para-hydroxylation sites is 1. The fraction of sp³-hybridized carbons (Fsp3) is 0.318. The van der Waals surface area contributed by atoms with Gasteiger partial charge in [-0.15, -0.1) is 10.2 Å². The number of hydrogen-bond acceptors (Lipinski definition) is 4. The van der Waals surface area contributed by atoms with Gasteiger partial charge >= 0.3 is 0 Å². The number of benzene rings is 2. The Morgan fingerprint density at radius 2 is 1.67 bits per heavy atom. The molecule has 0 atom stereocenters. The molecule has 1 saturated heterocycles. The Balaban J connectivity index is 1.27. The molecule has 0 aliphatic carbocycles. The molecule has 5 heteroatoms. The number of fused-ring (bicyclic) bond motifs is 3. The summed E-state index contributed by atoms with van der Waals surface area (Å²) >= 11 is 0. The molecule has 5 rings (SSSR count). The molecule has 0 saturated carbocycles. The number of rotatable bonds is 4. The smallest absolute Gasteiger partial charge is 0.171 e. The number of nitrogens with zero attached hydrogens (tertiary/aromatic N) is 5. The van der Waals surface area contributed by atoms with Gasteiger partial charge in [-0.1, -0.05) is 42.5 Å². The Bertz CT molecular complexity index is 1050. The van der Waals surface area contributed by atoms with E-state index in [1.165, 1.54) is 24.8 Å². The minimum Gasteiger partial charge on any atom is -0.296 e. The monoisotopic (exact) mass is 357 g/mol. The summed E-state index contributed by atoms with van der Waals surface area (Å²) in [7, 11) is 0. The van der Waals surface area contributed by atoms with Crippen LogP contribution >= 0.6 is 0 Å². The molecular formula is C22H23N5. The van der Waals surface area contributed by atoms with Crippen LogP contribution in [0.25, 0.3) is 16.6 Å². The van der Waals surface area contributed by atoms with Crippen LogP contribution < -0.4 is 0 Å². The molecule has 0 spiro atoms. The second-order valence-electron chi connectivity index (χ2n) is 7.48. The summed E-state index contributed by atoms with van der Waals surface area (Å²) in [6.45, 7) is 3.07. The van der Waals surface area contributed by atoms with Crippen molar-refractivity contribution in [3.63, 3.8) is 0 Å². The molecule has 0 bridgehead atoms. The van der Waals surface area contributed by atoms with E-state index in [9.17, 15) is 0 Å². The number of likely N-dealkylation sites (tertiary alicyclic amines) is 1. The Morgan fingerprint density at radius 1 is 0.889 bits per heavy atom. The molecule has 0 N–H and O–H groups in total. The molecule has 1 aliphatic rings. The lowest BCUT2D eigenvalue weighted by Crippen LogP contribution is -2.34. The van der Waals surface area contributed by atoms with Crippen LogP contribution in [-0.4, -0.2) is 37.6 Å². The lowest BCUT2D eigenvalue weighted by Gasteiger charge is -2.31. The van der Waals surface area contributed by atoms with Crippen LogP contribution in [0.2, 0.25) is 0 Å². The lowest BCUT2D eigenvalue weighted by molar-refractivity contribution is 0.173. The first kappa shape index (κ1) is 16.4. The van der Waals surface area contributed by atoms with Crippen molar-refractivity contribution in [2.24, 2.45) is 5.92 Å². The van der Waals surface area contributed by atoms with E-state index in [-0.39, 0.29) is 0 Å². The summed E-state index contributed by atoms with van der Waals surface area (Å²) in [6.07, 6.45) is 5.53. The fourth-order valence-electron chi connectivity index (χ4n) is 4.13. The molecule has 2 aromatic heterocycles. The maximum atomic E-state index is 4.56. The summed E-state index contributed by atoms with van der Waals surface area (Å²) < 4.78 is 2.04. The molecule has 4 aromatic rings. The van der Waals surface area contributed by atoms with Crippen molar-refractivity contribution < 1.29 is 0 Å². The first-order valence-corrected chi connectivity index (χ1v) is 9.70. The zero-order valence-corrected chi connectivity index (χ0v) is 15.3.